The van der Waals surface area contributed by atoms with Crippen molar-refractivity contribution < 1.29 is 17.2 Å². The number of hydrogen-bond donors (Lipinski definition) is 1. The first-order valence-electron chi connectivity index (χ1n) is 6.08. The number of sulfonamides is 1. The van der Waals surface area contributed by atoms with Gasteiger partial charge < -0.3 is 5.32 Å². The molecule has 0 aromatic heterocycles. The largest absolute Gasteiger partial charge is 0.317 e. The molecule has 106 valence electrons. The number of rotatable bonds is 3. The maximum atomic E-state index is 13.6. The summed E-state index contributed by atoms with van der Waals surface area (Å²) in [5.74, 6) is -2.09. The Bertz CT molecular complexity index is 535. The number of halogens is 2. The Morgan fingerprint density at radius 3 is 2.21 bits per heavy atom. The molecule has 4 nitrogen and oxygen atoms in total. The van der Waals surface area contributed by atoms with Gasteiger partial charge >= 0.3 is 0 Å². The molecule has 19 heavy (non-hydrogen) atoms. The van der Waals surface area contributed by atoms with E-state index >= 15 is 0 Å². The van der Waals surface area contributed by atoms with Crippen molar-refractivity contribution in [2.75, 3.05) is 20.1 Å². The first-order valence-corrected chi connectivity index (χ1v) is 7.52. The van der Waals surface area contributed by atoms with Gasteiger partial charge in [-0.05, 0) is 32.0 Å². The molecule has 2 rings (SSSR count). The van der Waals surface area contributed by atoms with Crippen LogP contribution in [0.15, 0.2) is 23.1 Å². The molecule has 1 saturated heterocycles. The Morgan fingerprint density at radius 1 is 1.21 bits per heavy atom. The molecule has 0 saturated carbocycles. The summed E-state index contributed by atoms with van der Waals surface area (Å²) < 4.78 is 52.8. The molecule has 0 aliphatic carbocycles. The first-order chi connectivity index (χ1) is 8.96. The van der Waals surface area contributed by atoms with Crippen LogP contribution in [0.1, 0.15) is 12.8 Å². The number of nitrogens with one attached hydrogen (secondary N) is 1. The second-order valence-electron chi connectivity index (χ2n) is 4.52. The predicted octanol–water partition coefficient (Wildman–Crippen LogP) is 1.34. The highest BCUT2D eigenvalue weighted by Crippen LogP contribution is 2.25. The Balaban J connectivity index is 2.29. The summed E-state index contributed by atoms with van der Waals surface area (Å²) >= 11 is 0. The van der Waals surface area contributed by atoms with Crippen molar-refractivity contribution in [2.45, 2.75) is 23.8 Å². The molecule has 1 aromatic rings. The van der Waals surface area contributed by atoms with Crippen molar-refractivity contribution in [2.24, 2.45) is 0 Å². The van der Waals surface area contributed by atoms with Gasteiger partial charge in [-0.3, -0.25) is 0 Å². The fourth-order valence-corrected chi connectivity index (χ4v) is 3.82. The van der Waals surface area contributed by atoms with E-state index in [1.54, 1.807) is 0 Å². The van der Waals surface area contributed by atoms with Gasteiger partial charge in [0, 0.05) is 19.1 Å². The van der Waals surface area contributed by atoms with E-state index in [2.05, 4.69) is 5.32 Å². The van der Waals surface area contributed by atoms with Gasteiger partial charge in [-0.2, -0.15) is 4.31 Å². The van der Waals surface area contributed by atoms with Gasteiger partial charge in [0.2, 0.25) is 10.0 Å². The Labute approximate surface area is 111 Å². The third-order valence-electron chi connectivity index (χ3n) is 3.38. The standard InChI is InChI=1S/C12H16F2N2O2S/c1-15-9-5-7-16(8-6-9)19(17,18)12-10(13)3-2-4-11(12)14/h2-4,9,15H,5-8H2,1H3. The molecular weight excluding hydrogens is 274 g/mol. The molecule has 0 unspecified atom stereocenters. The van der Waals surface area contributed by atoms with Gasteiger partial charge in [0.05, 0.1) is 0 Å². The lowest BCUT2D eigenvalue weighted by molar-refractivity contribution is 0.296. The van der Waals surface area contributed by atoms with E-state index in [9.17, 15) is 17.2 Å². The van der Waals surface area contributed by atoms with E-state index in [0.717, 1.165) is 22.5 Å². The van der Waals surface area contributed by atoms with Crippen LogP contribution in [0.2, 0.25) is 0 Å². The minimum atomic E-state index is -4.10. The smallest absolute Gasteiger partial charge is 0.248 e. The summed E-state index contributed by atoms with van der Waals surface area (Å²) in [6.07, 6.45) is 1.26. The van der Waals surface area contributed by atoms with Gasteiger partial charge in [-0.25, -0.2) is 17.2 Å². The number of benzene rings is 1. The van der Waals surface area contributed by atoms with Crippen LogP contribution in [0, 0.1) is 11.6 Å². The fraction of sp³-hybridized carbons (Fsp3) is 0.500. The molecule has 1 aliphatic heterocycles. The van der Waals surface area contributed by atoms with Gasteiger partial charge in [0.25, 0.3) is 0 Å². The fourth-order valence-electron chi connectivity index (χ4n) is 2.24. The zero-order chi connectivity index (χ0) is 14.0. The first kappa shape index (κ1) is 14.4. The third-order valence-corrected chi connectivity index (χ3v) is 5.33. The molecule has 1 fully saturated rings. The minimum Gasteiger partial charge on any atom is -0.317 e. The second kappa shape index (κ2) is 5.52. The van der Waals surface area contributed by atoms with Gasteiger partial charge in [0.15, 0.2) is 4.90 Å². The number of piperidine rings is 1. The summed E-state index contributed by atoms with van der Waals surface area (Å²) in [5.41, 5.74) is 0. The van der Waals surface area contributed by atoms with Crippen LogP contribution in [0.4, 0.5) is 8.78 Å². The van der Waals surface area contributed by atoms with Crippen molar-refractivity contribution in [3.63, 3.8) is 0 Å². The second-order valence-corrected chi connectivity index (χ2v) is 6.39. The third kappa shape index (κ3) is 2.77. The van der Waals surface area contributed by atoms with Crippen LogP contribution in [0.25, 0.3) is 0 Å². The molecule has 0 bridgehead atoms. The lowest BCUT2D eigenvalue weighted by Crippen LogP contribution is -2.44. The summed E-state index contributed by atoms with van der Waals surface area (Å²) in [6.45, 7) is 0.531. The normalized spacial score (nSPS) is 18.7. The van der Waals surface area contributed by atoms with Gasteiger partial charge in [-0.15, -0.1) is 0 Å². The van der Waals surface area contributed by atoms with Crippen LogP contribution in [0.5, 0.6) is 0 Å². The molecule has 0 spiro atoms. The van der Waals surface area contributed by atoms with E-state index in [1.807, 2.05) is 7.05 Å². The summed E-state index contributed by atoms with van der Waals surface area (Å²) in [7, 11) is -2.29. The van der Waals surface area contributed by atoms with E-state index < -0.39 is 26.6 Å². The number of hydrogen-bond acceptors (Lipinski definition) is 3. The zero-order valence-corrected chi connectivity index (χ0v) is 11.4. The summed E-state index contributed by atoms with van der Waals surface area (Å²) in [5, 5.41) is 3.07. The molecular formula is C12H16F2N2O2S. The highest BCUT2D eigenvalue weighted by atomic mass is 32.2. The van der Waals surface area contributed by atoms with Gasteiger partial charge in [0.1, 0.15) is 11.6 Å². The molecule has 1 N–H and O–H groups in total. The molecule has 0 radical (unpaired) electrons. The Hall–Kier alpha value is -1.05. The van der Waals surface area contributed by atoms with E-state index in [1.165, 1.54) is 0 Å². The highest BCUT2D eigenvalue weighted by molar-refractivity contribution is 7.89. The Kier molecular flexibility index (Phi) is 4.17. The van der Waals surface area contributed by atoms with Crippen LogP contribution >= 0.6 is 0 Å². The van der Waals surface area contributed by atoms with Crippen molar-refractivity contribution in [1.82, 2.24) is 9.62 Å². The topological polar surface area (TPSA) is 49.4 Å². The molecule has 1 aliphatic rings. The highest BCUT2D eigenvalue weighted by Gasteiger charge is 2.33. The van der Waals surface area contributed by atoms with Crippen LogP contribution in [0.3, 0.4) is 0 Å². The van der Waals surface area contributed by atoms with Gasteiger partial charge in [-0.1, -0.05) is 6.07 Å². The van der Waals surface area contributed by atoms with Crippen LogP contribution in [-0.4, -0.2) is 38.9 Å². The van der Waals surface area contributed by atoms with Crippen molar-refractivity contribution >= 4 is 10.0 Å². The SMILES string of the molecule is CNC1CCN(S(=O)(=O)c2c(F)cccc2F)CC1. The van der Waals surface area contributed by atoms with E-state index in [0.29, 0.717) is 12.8 Å². The minimum absolute atomic E-state index is 0.247. The molecule has 7 heteroatoms. The lowest BCUT2D eigenvalue weighted by atomic mass is 10.1. The van der Waals surface area contributed by atoms with Crippen molar-refractivity contribution in [1.29, 1.82) is 0 Å². The molecule has 0 atom stereocenters. The summed E-state index contributed by atoms with van der Waals surface area (Å²) in [6, 6.07) is 3.31. The van der Waals surface area contributed by atoms with E-state index in [-0.39, 0.29) is 19.1 Å². The molecule has 0 amide bonds. The summed E-state index contributed by atoms with van der Waals surface area (Å²) in [4.78, 5) is -0.849. The predicted molar refractivity (Wildman–Crippen MR) is 67.2 cm³/mol. The maximum absolute atomic E-state index is 13.6. The average Bonchev–Trinajstić information content (AvgIpc) is 2.38. The molecule has 1 aromatic carbocycles. The number of nitrogens with zero attached hydrogens (tertiary/aromatic N) is 1. The van der Waals surface area contributed by atoms with E-state index in [4.69, 9.17) is 0 Å². The monoisotopic (exact) mass is 290 g/mol. The van der Waals surface area contributed by atoms with Crippen LogP contribution < -0.4 is 5.32 Å². The lowest BCUT2D eigenvalue weighted by Gasteiger charge is -2.31. The van der Waals surface area contributed by atoms with Crippen LogP contribution in [-0.2, 0) is 10.0 Å². The quantitative estimate of drug-likeness (QED) is 0.914. The molecule has 1 heterocycles. The van der Waals surface area contributed by atoms with Crippen molar-refractivity contribution in [3.8, 4) is 0 Å². The van der Waals surface area contributed by atoms with Crippen molar-refractivity contribution in [3.05, 3.63) is 29.8 Å². The maximum Gasteiger partial charge on any atom is 0.248 e. The zero-order valence-electron chi connectivity index (χ0n) is 10.6. The Morgan fingerprint density at radius 2 is 1.74 bits per heavy atom. The average molecular weight is 290 g/mol.